The summed E-state index contributed by atoms with van der Waals surface area (Å²) in [5.41, 5.74) is 1.30. The van der Waals surface area contributed by atoms with E-state index in [4.69, 9.17) is 4.74 Å². The smallest absolute Gasteiger partial charge is 0.489 e. The van der Waals surface area contributed by atoms with Crippen molar-refractivity contribution in [3.63, 3.8) is 0 Å². The van der Waals surface area contributed by atoms with Crippen LogP contribution in [0.4, 0.5) is 40.8 Å². The molecule has 0 aromatic heterocycles. The summed E-state index contributed by atoms with van der Waals surface area (Å²) >= 11 is 0. The van der Waals surface area contributed by atoms with E-state index < -0.39 is 36.3 Å². The van der Waals surface area contributed by atoms with E-state index in [0.717, 1.165) is 31.0 Å². The van der Waals surface area contributed by atoms with E-state index in [0.29, 0.717) is 22.6 Å². The van der Waals surface area contributed by atoms with Crippen LogP contribution in [0.1, 0.15) is 24.0 Å². The van der Waals surface area contributed by atoms with Gasteiger partial charge in [0, 0.05) is 24.8 Å². The standard InChI is InChI=1S/C28H25F8NO4/c29-26(30,31)27(32,33)40-23-8-1-4-18(12-23)15-37(16-25(38)20-10-11-20)21-6-3-7-22(14-21)39-17-19-5-2-9-24(13-19)41-28(34,35)36/h1-9,12-14,20,25,38H,10-11,15-17H2. The van der Waals surface area contributed by atoms with Gasteiger partial charge in [-0.15, -0.1) is 13.2 Å². The van der Waals surface area contributed by atoms with Gasteiger partial charge in [-0.05, 0) is 66.3 Å². The second-order valence-electron chi connectivity index (χ2n) is 9.53. The van der Waals surface area contributed by atoms with Crippen LogP contribution in [0.2, 0.25) is 0 Å². The minimum atomic E-state index is -5.89. The number of nitrogens with zero attached hydrogens (tertiary/aromatic N) is 1. The molecule has 0 amide bonds. The Morgan fingerprint density at radius 3 is 1.98 bits per heavy atom. The third-order valence-electron chi connectivity index (χ3n) is 6.14. The molecule has 1 unspecified atom stereocenters. The molecule has 13 heteroatoms. The highest BCUT2D eigenvalue weighted by atomic mass is 19.4. The Hall–Kier alpha value is -3.74. The van der Waals surface area contributed by atoms with Gasteiger partial charge >= 0.3 is 18.6 Å². The lowest BCUT2D eigenvalue weighted by molar-refractivity contribution is -0.360. The van der Waals surface area contributed by atoms with Crippen LogP contribution >= 0.6 is 0 Å². The van der Waals surface area contributed by atoms with Crippen LogP contribution in [-0.2, 0) is 13.2 Å². The number of aliphatic hydroxyl groups is 1. The first kappa shape index (κ1) is 30.2. The number of benzene rings is 3. The summed E-state index contributed by atoms with van der Waals surface area (Å²) in [6, 6.07) is 16.7. The molecule has 0 spiro atoms. The maximum absolute atomic E-state index is 13.4. The van der Waals surface area contributed by atoms with Crippen molar-refractivity contribution in [2.45, 2.75) is 50.7 Å². The van der Waals surface area contributed by atoms with Crippen molar-refractivity contribution >= 4 is 5.69 Å². The molecule has 0 saturated heterocycles. The van der Waals surface area contributed by atoms with E-state index in [2.05, 4.69) is 9.47 Å². The van der Waals surface area contributed by atoms with E-state index in [1.165, 1.54) is 24.3 Å². The molecule has 3 aromatic carbocycles. The molecule has 1 aliphatic rings. The normalized spacial score (nSPS) is 14.9. The number of hydrogen-bond acceptors (Lipinski definition) is 5. The van der Waals surface area contributed by atoms with E-state index in [1.54, 1.807) is 35.2 Å². The average molecular weight is 591 g/mol. The van der Waals surface area contributed by atoms with Gasteiger partial charge < -0.3 is 24.2 Å². The summed E-state index contributed by atoms with van der Waals surface area (Å²) in [5, 5.41) is 10.6. The molecule has 4 rings (SSSR count). The van der Waals surface area contributed by atoms with Crippen LogP contribution in [0.5, 0.6) is 17.2 Å². The zero-order chi connectivity index (χ0) is 29.8. The van der Waals surface area contributed by atoms with Gasteiger partial charge in [-0.3, -0.25) is 0 Å². The Morgan fingerprint density at radius 1 is 0.756 bits per heavy atom. The van der Waals surface area contributed by atoms with Crippen molar-refractivity contribution < 1.29 is 54.4 Å². The molecule has 3 aromatic rings. The Labute approximate surface area is 229 Å². The minimum Gasteiger partial charge on any atom is -0.489 e. The highest BCUT2D eigenvalue weighted by Crippen LogP contribution is 2.38. The zero-order valence-electron chi connectivity index (χ0n) is 21.3. The van der Waals surface area contributed by atoms with Crippen LogP contribution in [-0.4, -0.2) is 36.4 Å². The van der Waals surface area contributed by atoms with Crippen LogP contribution < -0.4 is 19.1 Å². The number of alkyl halides is 8. The molecule has 1 aliphatic carbocycles. The first-order valence-corrected chi connectivity index (χ1v) is 12.4. The molecule has 1 saturated carbocycles. The lowest BCUT2D eigenvalue weighted by atomic mass is 10.1. The molecule has 222 valence electrons. The fourth-order valence-electron chi connectivity index (χ4n) is 4.02. The van der Waals surface area contributed by atoms with Gasteiger partial charge in [-0.25, -0.2) is 0 Å². The Kier molecular flexibility index (Phi) is 8.86. The summed E-state index contributed by atoms with van der Waals surface area (Å²) in [5.74, 6) is -0.645. The van der Waals surface area contributed by atoms with E-state index in [9.17, 15) is 40.2 Å². The van der Waals surface area contributed by atoms with Crippen molar-refractivity contribution in [2.75, 3.05) is 11.4 Å². The molecule has 0 aliphatic heterocycles. The number of anilines is 1. The van der Waals surface area contributed by atoms with Gasteiger partial charge in [0.1, 0.15) is 23.9 Å². The quantitative estimate of drug-likeness (QED) is 0.222. The first-order chi connectivity index (χ1) is 19.2. The van der Waals surface area contributed by atoms with Gasteiger partial charge in [0.2, 0.25) is 0 Å². The number of rotatable bonds is 12. The SMILES string of the molecule is OC(CN(Cc1cccc(OC(F)(F)C(F)(F)F)c1)c1cccc(OCc2cccc(OC(F)(F)F)c2)c1)C1CC1. The molecular weight excluding hydrogens is 566 g/mol. The summed E-state index contributed by atoms with van der Waals surface area (Å²) in [6.07, 6.45) is -15.2. The van der Waals surface area contributed by atoms with E-state index >= 15 is 0 Å². The highest BCUT2D eigenvalue weighted by Gasteiger charge is 2.61. The summed E-state index contributed by atoms with van der Waals surface area (Å²) in [6.45, 7) is 0.0730. The van der Waals surface area contributed by atoms with Crippen molar-refractivity contribution in [3.05, 3.63) is 83.9 Å². The van der Waals surface area contributed by atoms with Crippen LogP contribution in [0, 0.1) is 5.92 Å². The van der Waals surface area contributed by atoms with E-state index in [-0.39, 0.29) is 25.6 Å². The van der Waals surface area contributed by atoms with E-state index in [1.807, 2.05) is 0 Å². The second-order valence-corrected chi connectivity index (χ2v) is 9.53. The van der Waals surface area contributed by atoms with Crippen molar-refractivity contribution in [2.24, 2.45) is 5.92 Å². The van der Waals surface area contributed by atoms with Gasteiger partial charge in [-0.1, -0.05) is 30.3 Å². The highest BCUT2D eigenvalue weighted by molar-refractivity contribution is 5.52. The lowest BCUT2D eigenvalue weighted by Crippen LogP contribution is -2.41. The predicted molar refractivity (Wildman–Crippen MR) is 132 cm³/mol. The number of aliphatic hydroxyl groups excluding tert-OH is 1. The van der Waals surface area contributed by atoms with Crippen molar-refractivity contribution in [1.29, 1.82) is 0 Å². The van der Waals surface area contributed by atoms with Crippen LogP contribution in [0.15, 0.2) is 72.8 Å². The molecule has 1 atom stereocenters. The van der Waals surface area contributed by atoms with Crippen LogP contribution in [0.3, 0.4) is 0 Å². The van der Waals surface area contributed by atoms with Gasteiger partial charge in [-0.2, -0.15) is 22.0 Å². The van der Waals surface area contributed by atoms with Gasteiger partial charge in [0.05, 0.1) is 6.10 Å². The largest absolute Gasteiger partial charge is 0.573 e. The van der Waals surface area contributed by atoms with Gasteiger partial charge in [0.25, 0.3) is 0 Å². The zero-order valence-corrected chi connectivity index (χ0v) is 21.3. The third-order valence-corrected chi connectivity index (χ3v) is 6.14. The molecule has 0 radical (unpaired) electrons. The molecular formula is C28H25F8NO4. The fourth-order valence-corrected chi connectivity index (χ4v) is 4.02. The minimum absolute atomic E-state index is 0.0266. The maximum Gasteiger partial charge on any atom is 0.573 e. The Bertz CT molecular complexity index is 1310. The summed E-state index contributed by atoms with van der Waals surface area (Å²) in [7, 11) is 0. The predicted octanol–water partition coefficient (Wildman–Crippen LogP) is 7.48. The molecule has 1 fully saturated rings. The number of ether oxygens (including phenoxy) is 3. The third kappa shape index (κ3) is 8.87. The van der Waals surface area contributed by atoms with Crippen molar-refractivity contribution in [1.82, 2.24) is 0 Å². The Morgan fingerprint density at radius 2 is 1.34 bits per heavy atom. The summed E-state index contributed by atoms with van der Waals surface area (Å²) in [4.78, 5) is 1.72. The lowest BCUT2D eigenvalue weighted by Gasteiger charge is -2.28. The average Bonchev–Trinajstić information content (AvgIpc) is 3.72. The Balaban J connectivity index is 1.50. The van der Waals surface area contributed by atoms with Crippen molar-refractivity contribution in [3.8, 4) is 17.2 Å². The summed E-state index contributed by atoms with van der Waals surface area (Å²) < 4.78 is 116. The molecule has 0 heterocycles. The van der Waals surface area contributed by atoms with Crippen LogP contribution in [0.25, 0.3) is 0 Å². The fraction of sp³-hybridized carbons (Fsp3) is 0.357. The molecule has 5 nitrogen and oxygen atoms in total. The van der Waals surface area contributed by atoms with Gasteiger partial charge in [0.15, 0.2) is 0 Å². The first-order valence-electron chi connectivity index (χ1n) is 12.4. The number of hydrogen-bond donors (Lipinski definition) is 1. The second kappa shape index (κ2) is 12.0. The maximum atomic E-state index is 13.4. The topological polar surface area (TPSA) is 51.2 Å². The number of halogens is 8. The molecule has 1 N–H and O–H groups in total. The monoisotopic (exact) mass is 591 g/mol. The molecule has 0 bridgehead atoms. The molecule has 41 heavy (non-hydrogen) atoms.